The third-order valence-electron chi connectivity index (χ3n) is 4.59. The molecule has 0 spiro atoms. The van der Waals surface area contributed by atoms with Crippen molar-refractivity contribution in [3.05, 3.63) is 113 Å². The average Bonchev–Trinajstić information content (AvgIpc) is 2.77. The Bertz CT molecular complexity index is 1060. The van der Waals surface area contributed by atoms with E-state index in [1.807, 2.05) is 48.6 Å². The fraction of sp³-hybridized carbons (Fsp3) is 0.0741. The summed E-state index contributed by atoms with van der Waals surface area (Å²) in [7, 11) is 0. The molecule has 1 amide bonds. The summed E-state index contributed by atoms with van der Waals surface area (Å²) >= 11 is 0. The van der Waals surface area contributed by atoms with Crippen molar-refractivity contribution in [2.45, 2.75) is 13.5 Å². The van der Waals surface area contributed by atoms with E-state index in [0.29, 0.717) is 12.1 Å². The number of aromatic hydroxyl groups is 1. The lowest BCUT2D eigenvalue weighted by atomic mass is 10.1. The number of carbonyl (C=O) groups is 1. The smallest absolute Gasteiger partial charge is 0.246 e. The molecule has 3 nitrogen and oxygen atoms in total. The van der Waals surface area contributed by atoms with E-state index in [-0.39, 0.29) is 11.7 Å². The van der Waals surface area contributed by atoms with Crippen molar-refractivity contribution in [2.75, 3.05) is 0 Å². The van der Waals surface area contributed by atoms with E-state index < -0.39 is 0 Å². The van der Waals surface area contributed by atoms with Gasteiger partial charge in [-0.25, -0.2) is 0 Å². The van der Waals surface area contributed by atoms with Crippen LogP contribution >= 0.6 is 0 Å². The Kier molecular flexibility index (Phi) is 7.01. The minimum Gasteiger partial charge on any atom is -0.508 e. The number of amides is 1. The topological polar surface area (TPSA) is 49.3 Å². The number of phenolic OH excluding ortho intramolecular Hbond substituents is 1. The van der Waals surface area contributed by atoms with E-state index in [1.54, 1.807) is 19.1 Å². The number of rotatable bonds is 7. The van der Waals surface area contributed by atoms with Gasteiger partial charge in [-0.15, -0.1) is 0 Å². The second-order valence-electron chi connectivity index (χ2n) is 7.13. The molecule has 0 radical (unpaired) electrons. The highest BCUT2D eigenvalue weighted by Crippen LogP contribution is 2.15. The first-order valence-electron chi connectivity index (χ1n) is 9.77. The molecule has 30 heavy (non-hydrogen) atoms. The molecule has 0 heterocycles. The summed E-state index contributed by atoms with van der Waals surface area (Å²) in [5.74, 6) is 0.146. The summed E-state index contributed by atoms with van der Waals surface area (Å²) in [4.78, 5) is 11.6. The Morgan fingerprint density at radius 2 is 1.13 bits per heavy atom. The summed E-state index contributed by atoms with van der Waals surface area (Å²) in [6, 6.07) is 23.5. The lowest BCUT2D eigenvalue weighted by Gasteiger charge is -2.05. The van der Waals surface area contributed by atoms with Crippen LogP contribution in [0.5, 0.6) is 5.75 Å². The quantitative estimate of drug-likeness (QED) is 0.385. The first-order valence-corrected chi connectivity index (χ1v) is 9.77. The zero-order chi connectivity index (χ0) is 21.3. The van der Waals surface area contributed by atoms with Gasteiger partial charge >= 0.3 is 0 Å². The molecule has 0 atom stereocenters. The maximum absolute atomic E-state index is 11.6. The lowest BCUT2D eigenvalue weighted by Crippen LogP contribution is -2.22. The molecule has 0 aliphatic rings. The molecule has 0 saturated carbocycles. The maximum atomic E-state index is 11.6. The molecule has 0 aromatic heterocycles. The van der Waals surface area contributed by atoms with Crippen molar-refractivity contribution in [2.24, 2.45) is 0 Å². The highest BCUT2D eigenvalue weighted by molar-refractivity contribution is 5.92. The highest BCUT2D eigenvalue weighted by Gasteiger charge is 2.00. The van der Waals surface area contributed by atoms with Gasteiger partial charge in [0.05, 0.1) is 0 Å². The van der Waals surface area contributed by atoms with E-state index in [1.165, 1.54) is 0 Å². The van der Waals surface area contributed by atoms with E-state index >= 15 is 0 Å². The molecule has 150 valence electrons. The zero-order valence-corrected chi connectivity index (χ0v) is 17.0. The second-order valence-corrected chi connectivity index (χ2v) is 7.13. The molecule has 0 aliphatic carbocycles. The Hall–Kier alpha value is -3.85. The van der Waals surface area contributed by atoms with Crippen LogP contribution in [0.15, 0.2) is 84.9 Å². The van der Waals surface area contributed by atoms with Crippen molar-refractivity contribution in [1.82, 2.24) is 5.32 Å². The van der Waals surface area contributed by atoms with Gasteiger partial charge < -0.3 is 10.4 Å². The number of hydrogen-bond donors (Lipinski definition) is 2. The SMILES string of the molecule is C=C(C)C(=O)NCc1ccc(/C=C/c2ccc(/C=C/c3ccc(O)cc3)cc2)cc1. The predicted molar refractivity (Wildman–Crippen MR) is 126 cm³/mol. The molecule has 0 saturated heterocycles. The lowest BCUT2D eigenvalue weighted by molar-refractivity contribution is -0.117. The molecule has 3 aromatic rings. The number of benzene rings is 3. The molecule has 3 rings (SSSR count). The minimum absolute atomic E-state index is 0.125. The largest absolute Gasteiger partial charge is 0.508 e. The van der Waals surface area contributed by atoms with Gasteiger partial charge in [0.15, 0.2) is 0 Å². The van der Waals surface area contributed by atoms with Crippen LogP contribution in [0.4, 0.5) is 0 Å². The van der Waals surface area contributed by atoms with E-state index in [2.05, 4.69) is 48.3 Å². The minimum atomic E-state index is -0.125. The fourth-order valence-corrected chi connectivity index (χ4v) is 2.77. The summed E-state index contributed by atoms with van der Waals surface area (Å²) < 4.78 is 0. The Balaban J connectivity index is 1.56. The van der Waals surface area contributed by atoms with Gasteiger partial charge in [-0.05, 0) is 46.9 Å². The van der Waals surface area contributed by atoms with Crippen LogP contribution in [0.25, 0.3) is 24.3 Å². The Morgan fingerprint density at radius 1 is 0.767 bits per heavy atom. The van der Waals surface area contributed by atoms with Crippen molar-refractivity contribution in [1.29, 1.82) is 0 Å². The molecule has 0 unspecified atom stereocenters. The first kappa shape index (κ1) is 20.9. The van der Waals surface area contributed by atoms with Crippen LogP contribution in [0.1, 0.15) is 34.7 Å². The van der Waals surface area contributed by atoms with Gasteiger partial charge in [0.2, 0.25) is 5.91 Å². The third-order valence-corrected chi connectivity index (χ3v) is 4.59. The van der Waals surface area contributed by atoms with Crippen LogP contribution in [0.2, 0.25) is 0 Å². The molecule has 2 N–H and O–H groups in total. The molecular weight excluding hydrogens is 370 g/mol. The number of carbonyl (C=O) groups excluding carboxylic acids is 1. The fourth-order valence-electron chi connectivity index (χ4n) is 2.77. The van der Waals surface area contributed by atoms with Gasteiger partial charge in [0.25, 0.3) is 0 Å². The molecule has 0 fully saturated rings. The normalized spacial score (nSPS) is 11.1. The third kappa shape index (κ3) is 6.35. The molecule has 3 heteroatoms. The van der Waals surface area contributed by atoms with Crippen LogP contribution in [-0.2, 0) is 11.3 Å². The van der Waals surface area contributed by atoms with Crippen molar-refractivity contribution in [3.8, 4) is 5.75 Å². The summed E-state index contributed by atoms with van der Waals surface area (Å²) in [5, 5.41) is 12.2. The number of nitrogens with one attached hydrogen (secondary N) is 1. The Morgan fingerprint density at radius 3 is 1.53 bits per heavy atom. The summed E-state index contributed by atoms with van der Waals surface area (Å²) in [5.41, 5.74) is 5.93. The number of hydrogen-bond acceptors (Lipinski definition) is 2. The van der Waals surface area contributed by atoms with Crippen LogP contribution in [0, 0.1) is 0 Å². The zero-order valence-electron chi connectivity index (χ0n) is 17.0. The molecule has 0 aliphatic heterocycles. The van der Waals surface area contributed by atoms with Gasteiger partial charge in [0.1, 0.15) is 5.75 Å². The van der Waals surface area contributed by atoms with E-state index in [4.69, 9.17) is 0 Å². The predicted octanol–water partition coefficient (Wildman–Crippen LogP) is 5.93. The maximum Gasteiger partial charge on any atom is 0.246 e. The highest BCUT2D eigenvalue weighted by atomic mass is 16.3. The monoisotopic (exact) mass is 395 g/mol. The van der Waals surface area contributed by atoms with Crippen LogP contribution < -0.4 is 5.32 Å². The first-order chi connectivity index (χ1) is 14.5. The van der Waals surface area contributed by atoms with E-state index in [0.717, 1.165) is 27.8 Å². The average molecular weight is 396 g/mol. The molecule has 3 aromatic carbocycles. The van der Waals surface area contributed by atoms with Crippen molar-refractivity contribution in [3.63, 3.8) is 0 Å². The number of phenols is 1. The van der Waals surface area contributed by atoms with Crippen LogP contribution in [0.3, 0.4) is 0 Å². The summed E-state index contributed by atoms with van der Waals surface area (Å²) in [6.45, 7) is 5.82. The summed E-state index contributed by atoms with van der Waals surface area (Å²) in [6.07, 6.45) is 8.21. The molecular formula is C27H25NO2. The van der Waals surface area contributed by atoms with Crippen molar-refractivity contribution >= 4 is 30.2 Å². The van der Waals surface area contributed by atoms with Crippen molar-refractivity contribution < 1.29 is 9.90 Å². The van der Waals surface area contributed by atoms with Gasteiger partial charge in [0, 0.05) is 12.1 Å². The molecule has 0 bridgehead atoms. The second kappa shape index (κ2) is 10.1. The standard InChI is InChI=1S/C27H25NO2/c1-20(2)27(30)28-19-25-13-11-23(12-14-25)8-7-21-3-5-22(6-4-21)9-10-24-15-17-26(29)18-16-24/h3-18,29H,1,19H2,2H3,(H,28,30)/b8-7+,10-9+. The van der Waals surface area contributed by atoms with E-state index in [9.17, 15) is 9.90 Å². The Labute approximate surface area is 177 Å². The van der Waals surface area contributed by atoms with Gasteiger partial charge in [-0.3, -0.25) is 4.79 Å². The van der Waals surface area contributed by atoms with Gasteiger partial charge in [-0.1, -0.05) is 91.5 Å². The van der Waals surface area contributed by atoms with Gasteiger partial charge in [-0.2, -0.15) is 0 Å². The van der Waals surface area contributed by atoms with Crippen LogP contribution in [-0.4, -0.2) is 11.0 Å².